The van der Waals surface area contributed by atoms with E-state index < -0.39 is 0 Å². The maximum Gasteiger partial charge on any atom is 0.343 e. The van der Waals surface area contributed by atoms with E-state index in [-0.39, 0.29) is 5.69 Å². The summed E-state index contributed by atoms with van der Waals surface area (Å²) in [6.07, 6.45) is 0.898. The first-order valence-electron chi connectivity index (χ1n) is 5.39. The number of hydrogen-bond donors (Lipinski definition) is 2. The third kappa shape index (κ3) is 2.71. The molecule has 0 fully saturated rings. The molecule has 1 aromatic heterocycles. The average Bonchev–Trinajstić information content (AvgIpc) is 2.65. The van der Waals surface area contributed by atoms with E-state index in [0.29, 0.717) is 11.7 Å². The van der Waals surface area contributed by atoms with Crippen LogP contribution < -0.4 is 11.4 Å². The smallest absolute Gasteiger partial charge is 0.343 e. The SMILES string of the molecule is CCCn1c(Sc2ccc(N)cc2)n[nH]c1=O. The van der Waals surface area contributed by atoms with E-state index in [2.05, 4.69) is 10.2 Å². The Morgan fingerprint density at radius 3 is 2.76 bits per heavy atom. The maximum absolute atomic E-state index is 11.5. The molecule has 6 heteroatoms. The molecule has 2 rings (SSSR count). The minimum atomic E-state index is -0.162. The summed E-state index contributed by atoms with van der Waals surface area (Å²) < 4.78 is 1.64. The number of nitrogens with two attached hydrogens (primary N) is 1. The van der Waals surface area contributed by atoms with Gasteiger partial charge in [0, 0.05) is 17.1 Å². The lowest BCUT2D eigenvalue weighted by atomic mass is 10.3. The number of nitrogen functional groups attached to an aromatic ring is 1. The van der Waals surface area contributed by atoms with Gasteiger partial charge in [0.2, 0.25) is 0 Å². The van der Waals surface area contributed by atoms with Crippen molar-refractivity contribution in [3.8, 4) is 0 Å². The molecule has 0 bridgehead atoms. The van der Waals surface area contributed by atoms with Crippen LogP contribution >= 0.6 is 11.8 Å². The van der Waals surface area contributed by atoms with Crippen molar-refractivity contribution in [2.24, 2.45) is 0 Å². The van der Waals surface area contributed by atoms with Crippen LogP contribution in [0.1, 0.15) is 13.3 Å². The zero-order chi connectivity index (χ0) is 12.3. The zero-order valence-electron chi connectivity index (χ0n) is 9.51. The lowest BCUT2D eigenvalue weighted by Crippen LogP contribution is -2.17. The summed E-state index contributed by atoms with van der Waals surface area (Å²) in [7, 11) is 0. The molecule has 90 valence electrons. The third-order valence-corrected chi connectivity index (χ3v) is 3.26. The van der Waals surface area contributed by atoms with Crippen molar-refractivity contribution in [3.63, 3.8) is 0 Å². The van der Waals surface area contributed by atoms with Crippen LogP contribution in [0.4, 0.5) is 5.69 Å². The van der Waals surface area contributed by atoms with E-state index in [1.165, 1.54) is 11.8 Å². The summed E-state index contributed by atoms with van der Waals surface area (Å²) in [5.74, 6) is 0. The summed E-state index contributed by atoms with van der Waals surface area (Å²) in [6, 6.07) is 7.49. The van der Waals surface area contributed by atoms with Gasteiger partial charge in [-0.2, -0.15) is 0 Å². The monoisotopic (exact) mass is 250 g/mol. The molecular formula is C11H14N4OS. The van der Waals surface area contributed by atoms with Crippen molar-refractivity contribution in [1.29, 1.82) is 0 Å². The van der Waals surface area contributed by atoms with Crippen LogP contribution in [0.15, 0.2) is 39.1 Å². The lowest BCUT2D eigenvalue weighted by Gasteiger charge is -2.03. The largest absolute Gasteiger partial charge is 0.399 e. The molecule has 1 aromatic carbocycles. The summed E-state index contributed by atoms with van der Waals surface area (Å²) >= 11 is 1.45. The Bertz CT molecular complexity index is 543. The fraction of sp³-hybridized carbons (Fsp3) is 0.273. The standard InChI is InChI=1S/C11H14N4OS/c1-2-7-15-10(16)13-14-11(15)17-9-5-3-8(12)4-6-9/h3-6H,2,7,12H2,1H3,(H,13,16). The second kappa shape index (κ2) is 5.09. The number of aromatic nitrogens is 3. The maximum atomic E-state index is 11.5. The molecule has 0 aliphatic heterocycles. The van der Waals surface area contributed by atoms with E-state index in [9.17, 15) is 4.79 Å². The van der Waals surface area contributed by atoms with Gasteiger partial charge in [0.05, 0.1) is 0 Å². The van der Waals surface area contributed by atoms with E-state index in [4.69, 9.17) is 5.73 Å². The van der Waals surface area contributed by atoms with Crippen LogP contribution in [0.5, 0.6) is 0 Å². The highest BCUT2D eigenvalue weighted by Crippen LogP contribution is 2.25. The minimum absolute atomic E-state index is 0.162. The summed E-state index contributed by atoms with van der Waals surface area (Å²) in [5.41, 5.74) is 6.18. The first-order chi connectivity index (χ1) is 8.20. The second-order valence-corrected chi connectivity index (χ2v) is 4.67. The Morgan fingerprint density at radius 1 is 1.41 bits per heavy atom. The normalized spacial score (nSPS) is 10.6. The molecule has 5 nitrogen and oxygen atoms in total. The summed E-state index contributed by atoms with van der Waals surface area (Å²) in [4.78, 5) is 12.5. The number of nitrogens with one attached hydrogen (secondary N) is 1. The van der Waals surface area contributed by atoms with E-state index in [0.717, 1.165) is 17.0 Å². The molecule has 0 spiro atoms. The Labute approximate surface area is 103 Å². The van der Waals surface area contributed by atoms with Crippen molar-refractivity contribution in [1.82, 2.24) is 14.8 Å². The number of benzene rings is 1. The Kier molecular flexibility index (Phi) is 3.53. The van der Waals surface area contributed by atoms with Gasteiger partial charge in [-0.05, 0) is 42.4 Å². The highest BCUT2D eigenvalue weighted by Gasteiger charge is 2.08. The number of H-pyrrole nitrogens is 1. The van der Waals surface area contributed by atoms with Crippen molar-refractivity contribution in [2.75, 3.05) is 5.73 Å². The molecule has 0 unspecified atom stereocenters. The molecule has 3 N–H and O–H groups in total. The van der Waals surface area contributed by atoms with Crippen LogP contribution in [-0.2, 0) is 6.54 Å². The van der Waals surface area contributed by atoms with Crippen LogP contribution in [0.2, 0.25) is 0 Å². The molecule has 0 saturated heterocycles. The molecule has 0 atom stereocenters. The van der Waals surface area contributed by atoms with Crippen LogP contribution in [0, 0.1) is 0 Å². The first-order valence-corrected chi connectivity index (χ1v) is 6.21. The average molecular weight is 250 g/mol. The number of nitrogens with zero attached hydrogens (tertiary/aromatic N) is 2. The van der Waals surface area contributed by atoms with Crippen molar-refractivity contribution in [2.45, 2.75) is 29.9 Å². The summed E-state index contributed by atoms with van der Waals surface area (Å²) in [5, 5.41) is 7.16. The van der Waals surface area contributed by atoms with Crippen molar-refractivity contribution >= 4 is 17.4 Å². The van der Waals surface area contributed by atoms with E-state index in [1.807, 2.05) is 31.2 Å². The predicted molar refractivity (Wildman–Crippen MR) is 68.1 cm³/mol. The van der Waals surface area contributed by atoms with Gasteiger partial charge in [-0.1, -0.05) is 6.92 Å². The highest BCUT2D eigenvalue weighted by molar-refractivity contribution is 7.99. The Balaban J connectivity index is 2.23. The van der Waals surface area contributed by atoms with Gasteiger partial charge in [0.25, 0.3) is 0 Å². The number of hydrogen-bond acceptors (Lipinski definition) is 4. The molecule has 2 aromatic rings. The van der Waals surface area contributed by atoms with Crippen LogP contribution in [0.3, 0.4) is 0 Å². The zero-order valence-corrected chi connectivity index (χ0v) is 10.3. The fourth-order valence-electron chi connectivity index (χ4n) is 1.44. The lowest BCUT2D eigenvalue weighted by molar-refractivity contribution is 0.604. The minimum Gasteiger partial charge on any atom is -0.399 e. The summed E-state index contributed by atoms with van der Waals surface area (Å²) in [6.45, 7) is 2.70. The van der Waals surface area contributed by atoms with E-state index in [1.54, 1.807) is 4.57 Å². The van der Waals surface area contributed by atoms with Crippen molar-refractivity contribution < 1.29 is 0 Å². The molecule has 0 saturated carbocycles. The second-order valence-electron chi connectivity index (χ2n) is 3.63. The molecule has 0 aliphatic rings. The Morgan fingerprint density at radius 2 is 2.12 bits per heavy atom. The van der Waals surface area contributed by atoms with Gasteiger partial charge < -0.3 is 5.73 Å². The van der Waals surface area contributed by atoms with Gasteiger partial charge in [-0.25, -0.2) is 9.89 Å². The van der Waals surface area contributed by atoms with Gasteiger partial charge in [0.15, 0.2) is 5.16 Å². The molecule has 17 heavy (non-hydrogen) atoms. The quantitative estimate of drug-likeness (QED) is 0.810. The molecule has 0 radical (unpaired) electrons. The third-order valence-electron chi connectivity index (χ3n) is 2.26. The van der Waals surface area contributed by atoms with Crippen LogP contribution in [-0.4, -0.2) is 14.8 Å². The van der Waals surface area contributed by atoms with Gasteiger partial charge in [-0.3, -0.25) is 4.57 Å². The Hall–Kier alpha value is -1.69. The topological polar surface area (TPSA) is 76.7 Å². The van der Waals surface area contributed by atoms with Gasteiger partial charge in [-0.15, -0.1) is 5.10 Å². The van der Waals surface area contributed by atoms with Crippen LogP contribution in [0.25, 0.3) is 0 Å². The number of anilines is 1. The molecule has 1 heterocycles. The first kappa shape index (κ1) is 11.8. The van der Waals surface area contributed by atoms with Gasteiger partial charge in [0.1, 0.15) is 0 Å². The molecule has 0 aliphatic carbocycles. The number of rotatable bonds is 4. The fourth-order valence-corrected chi connectivity index (χ4v) is 2.30. The molecule has 0 amide bonds. The highest BCUT2D eigenvalue weighted by atomic mass is 32.2. The predicted octanol–water partition coefficient (Wildman–Crippen LogP) is 1.71. The van der Waals surface area contributed by atoms with Gasteiger partial charge >= 0.3 is 5.69 Å². The number of aromatic amines is 1. The van der Waals surface area contributed by atoms with Crippen molar-refractivity contribution in [3.05, 3.63) is 34.7 Å². The van der Waals surface area contributed by atoms with E-state index >= 15 is 0 Å². The molecular weight excluding hydrogens is 236 g/mol.